The molecule has 0 fully saturated rings. The van der Waals surface area contributed by atoms with Crippen molar-refractivity contribution >= 4 is 5.69 Å². The first-order valence-electron chi connectivity index (χ1n) is 3.21. The van der Waals surface area contributed by atoms with Crippen LogP contribution in [0.2, 0.25) is 0 Å². The van der Waals surface area contributed by atoms with Gasteiger partial charge in [-0.25, -0.2) is 0 Å². The van der Waals surface area contributed by atoms with Gasteiger partial charge in [0.2, 0.25) is 0 Å². The van der Waals surface area contributed by atoms with Crippen LogP contribution in [0.15, 0.2) is 29.4 Å². The number of rotatable bonds is 2. The third-order valence-electron chi connectivity index (χ3n) is 1.33. The van der Waals surface area contributed by atoms with E-state index in [0.717, 1.165) is 5.56 Å². The van der Waals surface area contributed by atoms with Crippen LogP contribution in [0.1, 0.15) is 5.56 Å². The van der Waals surface area contributed by atoms with Gasteiger partial charge in [-0.1, -0.05) is 29.4 Å². The maximum atomic E-state index is 8.08. The number of hydrogen-bond acceptors (Lipinski definition) is 2. The lowest BCUT2D eigenvalue weighted by Gasteiger charge is -1.94. The molecule has 0 aliphatic heterocycles. The van der Waals surface area contributed by atoms with Gasteiger partial charge < -0.3 is 5.73 Å². The Morgan fingerprint density at radius 3 is 2.45 bits per heavy atom. The largest absolute Gasteiger partial charge is 0.326 e. The molecule has 11 heavy (non-hydrogen) atoms. The Hall–Kier alpha value is -1.51. The van der Waals surface area contributed by atoms with E-state index < -0.39 is 0 Å². The highest BCUT2D eigenvalue weighted by molar-refractivity contribution is 5.38. The molecule has 1 rings (SSSR count). The van der Waals surface area contributed by atoms with E-state index in [1.807, 2.05) is 12.1 Å². The molecule has 0 saturated heterocycles. The summed E-state index contributed by atoms with van der Waals surface area (Å²) in [6, 6.07) is 7.15. The van der Waals surface area contributed by atoms with Crippen molar-refractivity contribution in [3.05, 3.63) is 40.3 Å². The quantitative estimate of drug-likeness (QED) is 0.389. The Labute approximate surface area is 64.3 Å². The molecule has 0 amide bonds. The van der Waals surface area contributed by atoms with Crippen molar-refractivity contribution in [2.45, 2.75) is 6.54 Å². The van der Waals surface area contributed by atoms with Crippen molar-refractivity contribution in [2.75, 3.05) is 0 Å². The van der Waals surface area contributed by atoms with Crippen LogP contribution in [0.5, 0.6) is 0 Å². The summed E-state index contributed by atoms with van der Waals surface area (Å²) in [7, 11) is 0. The first kappa shape index (κ1) is 7.60. The average Bonchev–Trinajstić information content (AvgIpc) is 2.07. The molecule has 2 N–H and O–H groups in total. The Morgan fingerprint density at radius 2 is 2.00 bits per heavy atom. The fraction of sp³-hybridized carbons (Fsp3) is 0.143. The minimum absolute atomic E-state index is 0.510. The van der Waals surface area contributed by atoms with Crippen molar-refractivity contribution in [2.24, 2.45) is 10.8 Å². The third kappa shape index (κ3) is 1.97. The minimum Gasteiger partial charge on any atom is -0.326 e. The Balaban J connectivity index is 2.91. The predicted molar refractivity (Wildman–Crippen MR) is 43.1 cm³/mol. The summed E-state index contributed by atoms with van der Waals surface area (Å²) in [5, 5.41) is 3.42. The Kier molecular flexibility index (Phi) is 2.49. The second-order valence-corrected chi connectivity index (χ2v) is 2.06. The van der Waals surface area contributed by atoms with Gasteiger partial charge in [-0.05, 0) is 11.1 Å². The van der Waals surface area contributed by atoms with E-state index in [0.29, 0.717) is 12.2 Å². The molecule has 0 spiro atoms. The molecule has 1 aromatic carbocycles. The van der Waals surface area contributed by atoms with Crippen LogP contribution < -0.4 is 5.73 Å². The van der Waals surface area contributed by atoms with Crippen LogP contribution in [0.3, 0.4) is 0 Å². The van der Waals surface area contributed by atoms with E-state index in [2.05, 4.69) is 10.0 Å². The molecule has 0 aromatic heterocycles. The summed E-state index contributed by atoms with van der Waals surface area (Å²) in [5.74, 6) is 0. The fourth-order valence-corrected chi connectivity index (χ4v) is 0.750. The van der Waals surface area contributed by atoms with Gasteiger partial charge in [0, 0.05) is 17.1 Å². The molecule has 0 bridgehead atoms. The summed E-state index contributed by atoms with van der Waals surface area (Å²) in [5.41, 5.74) is 15.1. The highest BCUT2D eigenvalue weighted by Crippen LogP contribution is 2.12. The lowest BCUT2D eigenvalue weighted by atomic mass is 10.2. The van der Waals surface area contributed by atoms with Gasteiger partial charge >= 0.3 is 0 Å². The van der Waals surface area contributed by atoms with Crippen LogP contribution in [-0.2, 0) is 6.54 Å². The Bertz CT molecular complexity index is 271. The summed E-state index contributed by atoms with van der Waals surface area (Å²) in [6.45, 7) is 0.510. The highest BCUT2D eigenvalue weighted by atomic mass is 15.1. The first-order valence-corrected chi connectivity index (χ1v) is 3.21. The molecule has 0 heterocycles. The second-order valence-electron chi connectivity index (χ2n) is 2.06. The van der Waals surface area contributed by atoms with E-state index >= 15 is 0 Å². The Morgan fingerprint density at radius 1 is 1.36 bits per heavy atom. The molecule has 56 valence electrons. The van der Waals surface area contributed by atoms with Crippen molar-refractivity contribution in [3.63, 3.8) is 0 Å². The normalized spacial score (nSPS) is 8.82. The number of nitrogens with two attached hydrogens (primary N) is 1. The summed E-state index contributed by atoms with van der Waals surface area (Å²) in [6.07, 6.45) is 0. The third-order valence-corrected chi connectivity index (χ3v) is 1.33. The molecule has 0 radical (unpaired) electrons. The maximum Gasteiger partial charge on any atom is 0.0375 e. The van der Waals surface area contributed by atoms with Crippen molar-refractivity contribution in [1.29, 1.82) is 0 Å². The fourth-order valence-electron chi connectivity index (χ4n) is 0.750. The van der Waals surface area contributed by atoms with Gasteiger partial charge in [-0.3, -0.25) is 0 Å². The monoisotopic (exact) mass is 148 g/mol. The number of benzene rings is 1. The number of azide groups is 1. The molecular formula is C7H8N4. The van der Waals surface area contributed by atoms with Crippen LogP contribution in [0, 0.1) is 0 Å². The van der Waals surface area contributed by atoms with Crippen molar-refractivity contribution < 1.29 is 0 Å². The van der Waals surface area contributed by atoms with Gasteiger partial charge in [0.25, 0.3) is 0 Å². The zero-order valence-corrected chi connectivity index (χ0v) is 5.94. The van der Waals surface area contributed by atoms with Crippen LogP contribution in [0.25, 0.3) is 10.4 Å². The molecule has 0 aliphatic rings. The van der Waals surface area contributed by atoms with Gasteiger partial charge in [-0.2, -0.15) is 0 Å². The molecule has 0 aliphatic carbocycles. The number of nitrogens with zero attached hydrogens (tertiary/aromatic N) is 3. The summed E-state index contributed by atoms with van der Waals surface area (Å²) >= 11 is 0. The molecular weight excluding hydrogens is 140 g/mol. The number of hydrogen-bond donors (Lipinski definition) is 1. The summed E-state index contributed by atoms with van der Waals surface area (Å²) < 4.78 is 0. The lowest BCUT2D eigenvalue weighted by Crippen LogP contribution is -1.94. The van der Waals surface area contributed by atoms with E-state index in [1.54, 1.807) is 12.1 Å². The lowest BCUT2D eigenvalue weighted by molar-refractivity contribution is 1.07. The van der Waals surface area contributed by atoms with Crippen LogP contribution in [-0.4, -0.2) is 0 Å². The molecule has 0 atom stereocenters. The van der Waals surface area contributed by atoms with E-state index in [4.69, 9.17) is 11.3 Å². The highest BCUT2D eigenvalue weighted by Gasteiger charge is 1.88. The van der Waals surface area contributed by atoms with E-state index in [1.165, 1.54) is 0 Å². The molecule has 0 unspecified atom stereocenters. The summed E-state index contributed by atoms with van der Waals surface area (Å²) in [4.78, 5) is 2.66. The van der Waals surface area contributed by atoms with Gasteiger partial charge in [-0.15, -0.1) is 0 Å². The van der Waals surface area contributed by atoms with Gasteiger partial charge in [0.1, 0.15) is 0 Å². The van der Waals surface area contributed by atoms with Crippen molar-refractivity contribution in [3.8, 4) is 0 Å². The van der Waals surface area contributed by atoms with Crippen molar-refractivity contribution in [1.82, 2.24) is 0 Å². The predicted octanol–water partition coefficient (Wildman–Crippen LogP) is 2.09. The maximum absolute atomic E-state index is 8.08. The molecule has 4 nitrogen and oxygen atoms in total. The SMILES string of the molecule is [N-]=[N+]=Nc1ccc(CN)cc1. The van der Waals surface area contributed by atoms with Gasteiger partial charge in [0.05, 0.1) is 0 Å². The molecule has 1 aromatic rings. The second kappa shape index (κ2) is 3.61. The van der Waals surface area contributed by atoms with Crippen LogP contribution in [0.4, 0.5) is 5.69 Å². The zero-order valence-electron chi connectivity index (χ0n) is 5.94. The minimum atomic E-state index is 0.510. The average molecular weight is 148 g/mol. The standard InChI is InChI=1S/C7H8N4/c8-5-6-1-3-7(4-2-6)10-11-9/h1-4H,5,8H2. The van der Waals surface area contributed by atoms with E-state index in [9.17, 15) is 0 Å². The van der Waals surface area contributed by atoms with Crippen LogP contribution >= 0.6 is 0 Å². The van der Waals surface area contributed by atoms with Gasteiger partial charge in [0.15, 0.2) is 0 Å². The smallest absolute Gasteiger partial charge is 0.0375 e. The topological polar surface area (TPSA) is 74.8 Å². The molecule has 0 saturated carbocycles. The van der Waals surface area contributed by atoms with E-state index in [-0.39, 0.29) is 0 Å². The molecule has 4 heteroatoms. The zero-order chi connectivity index (χ0) is 8.10. The first-order chi connectivity index (χ1) is 5.36.